The van der Waals surface area contributed by atoms with Gasteiger partial charge in [-0.3, -0.25) is 4.79 Å². The van der Waals surface area contributed by atoms with Crippen molar-refractivity contribution in [2.45, 2.75) is 40.0 Å². The van der Waals surface area contributed by atoms with Crippen molar-refractivity contribution in [2.75, 3.05) is 19.8 Å². The summed E-state index contributed by atoms with van der Waals surface area (Å²) in [5, 5.41) is 6.31. The maximum Gasteiger partial charge on any atom is 0.253 e. The van der Waals surface area contributed by atoms with Crippen LogP contribution >= 0.6 is 11.3 Å². The number of carbonyl (C=O) groups is 1. The Balaban J connectivity index is 1.38. The van der Waals surface area contributed by atoms with E-state index in [2.05, 4.69) is 20.2 Å². The van der Waals surface area contributed by atoms with E-state index in [1.807, 2.05) is 45.0 Å². The number of hydrogen-bond acceptors (Lipinski definition) is 5. The third-order valence-corrected chi connectivity index (χ3v) is 6.26. The predicted molar refractivity (Wildman–Crippen MR) is 118 cm³/mol. The lowest BCUT2D eigenvalue weighted by molar-refractivity contribution is 0.0952. The summed E-state index contributed by atoms with van der Waals surface area (Å²) in [7, 11) is 0. The molecule has 1 aromatic carbocycles. The molecule has 30 heavy (non-hydrogen) atoms. The highest BCUT2D eigenvalue weighted by atomic mass is 32.1. The average Bonchev–Trinajstić information content (AvgIpc) is 3.29. The number of thiazole rings is 1. The highest BCUT2D eigenvalue weighted by Gasteiger charge is 2.18. The number of hydrogen-bond donors (Lipinski definition) is 1. The average molecular weight is 426 g/mol. The van der Waals surface area contributed by atoms with Crippen LogP contribution in [0.15, 0.2) is 29.6 Å². The molecule has 1 amide bonds. The monoisotopic (exact) mass is 425 g/mol. The van der Waals surface area contributed by atoms with E-state index in [9.17, 15) is 4.79 Å². The van der Waals surface area contributed by atoms with Crippen LogP contribution in [-0.4, -0.2) is 35.2 Å². The van der Waals surface area contributed by atoms with E-state index in [0.717, 1.165) is 53.5 Å². The summed E-state index contributed by atoms with van der Waals surface area (Å²) >= 11 is 1.71. The van der Waals surface area contributed by atoms with E-state index in [1.165, 1.54) is 5.01 Å². The topological polar surface area (TPSA) is 65.4 Å². The number of nitrogens with zero attached hydrogens (tertiary/aromatic N) is 2. The zero-order valence-electron chi connectivity index (χ0n) is 17.7. The van der Waals surface area contributed by atoms with E-state index in [0.29, 0.717) is 25.3 Å². The van der Waals surface area contributed by atoms with Gasteiger partial charge in [-0.1, -0.05) is 0 Å². The van der Waals surface area contributed by atoms with Crippen LogP contribution in [0.4, 0.5) is 0 Å². The summed E-state index contributed by atoms with van der Waals surface area (Å²) in [5.41, 5.74) is 4.68. The summed E-state index contributed by atoms with van der Waals surface area (Å²) in [4.78, 5) is 17.2. The molecule has 6 nitrogen and oxygen atoms in total. The van der Waals surface area contributed by atoms with Gasteiger partial charge in [0, 0.05) is 40.8 Å². The Hall–Kier alpha value is -2.80. The van der Waals surface area contributed by atoms with Crippen LogP contribution in [0.25, 0.3) is 5.69 Å². The second-order valence-corrected chi connectivity index (χ2v) is 8.49. The number of amides is 1. The Bertz CT molecular complexity index is 1050. The third kappa shape index (κ3) is 4.36. The van der Waals surface area contributed by atoms with Crippen molar-refractivity contribution in [3.05, 3.63) is 57.3 Å². The Kier molecular flexibility index (Phi) is 6.08. The van der Waals surface area contributed by atoms with Gasteiger partial charge in [0.2, 0.25) is 0 Å². The third-order valence-electron chi connectivity index (χ3n) is 5.23. The molecule has 3 aromatic rings. The molecule has 0 saturated heterocycles. The first-order chi connectivity index (χ1) is 14.5. The minimum atomic E-state index is -0.0306. The molecule has 3 heterocycles. The number of benzene rings is 1. The minimum Gasteiger partial charge on any atom is -0.486 e. The summed E-state index contributed by atoms with van der Waals surface area (Å²) in [6, 6.07) is 7.83. The van der Waals surface area contributed by atoms with Gasteiger partial charge < -0.3 is 19.4 Å². The normalized spacial score (nSPS) is 12.8. The number of rotatable bonds is 7. The van der Waals surface area contributed by atoms with Crippen LogP contribution < -0.4 is 14.8 Å². The highest BCUT2D eigenvalue weighted by molar-refractivity contribution is 7.09. The van der Waals surface area contributed by atoms with Crippen molar-refractivity contribution in [1.29, 1.82) is 0 Å². The second kappa shape index (κ2) is 8.92. The predicted octanol–water partition coefficient (Wildman–Crippen LogP) is 4.38. The fraction of sp³-hybridized carbons (Fsp3) is 0.391. The zero-order chi connectivity index (χ0) is 21.1. The summed E-state index contributed by atoms with van der Waals surface area (Å²) in [6.45, 7) is 7.79. The molecular formula is C23H27N3O3S. The van der Waals surface area contributed by atoms with Gasteiger partial charge in [-0.15, -0.1) is 11.3 Å². The lowest BCUT2D eigenvalue weighted by Crippen LogP contribution is -2.25. The SMILES string of the molecule is Cc1csc(CCCCNC(=O)c2cc(C)n(-c3ccc4c(c3)OCCO4)c2C)n1. The zero-order valence-corrected chi connectivity index (χ0v) is 18.5. The van der Waals surface area contributed by atoms with Crippen molar-refractivity contribution < 1.29 is 14.3 Å². The maximum absolute atomic E-state index is 12.8. The largest absolute Gasteiger partial charge is 0.486 e. The first kappa shape index (κ1) is 20.5. The molecule has 0 spiro atoms. The Morgan fingerprint density at radius 2 is 1.93 bits per heavy atom. The number of aromatic nitrogens is 2. The number of ether oxygens (including phenoxy) is 2. The van der Waals surface area contributed by atoms with Crippen LogP contribution in [0, 0.1) is 20.8 Å². The van der Waals surface area contributed by atoms with E-state index in [-0.39, 0.29) is 5.91 Å². The standard InChI is InChI=1S/C23H27N3O3S/c1-15-14-30-22(25-15)6-4-5-9-24-23(27)19-12-16(2)26(17(19)3)18-7-8-20-21(13-18)29-11-10-28-20/h7-8,12-14H,4-6,9-11H2,1-3H3,(H,24,27). The molecule has 0 saturated carbocycles. The highest BCUT2D eigenvalue weighted by Crippen LogP contribution is 2.33. The quantitative estimate of drug-likeness (QED) is 0.571. The molecule has 1 aliphatic heterocycles. The van der Waals surface area contributed by atoms with Gasteiger partial charge in [0.15, 0.2) is 11.5 Å². The van der Waals surface area contributed by atoms with Gasteiger partial charge in [-0.05, 0) is 58.2 Å². The van der Waals surface area contributed by atoms with Crippen molar-refractivity contribution >= 4 is 17.2 Å². The first-order valence-corrected chi connectivity index (χ1v) is 11.2. The second-order valence-electron chi connectivity index (χ2n) is 7.54. The van der Waals surface area contributed by atoms with E-state index < -0.39 is 0 Å². The summed E-state index contributed by atoms with van der Waals surface area (Å²) in [6.07, 6.45) is 2.92. The molecule has 1 aliphatic rings. The van der Waals surface area contributed by atoms with Crippen molar-refractivity contribution in [3.8, 4) is 17.2 Å². The molecule has 0 atom stereocenters. The van der Waals surface area contributed by atoms with Crippen molar-refractivity contribution in [3.63, 3.8) is 0 Å². The molecule has 0 fully saturated rings. The summed E-state index contributed by atoms with van der Waals surface area (Å²) in [5.74, 6) is 1.47. The molecule has 1 N–H and O–H groups in total. The van der Waals surface area contributed by atoms with Crippen LogP contribution in [0.1, 0.15) is 45.3 Å². The van der Waals surface area contributed by atoms with Crippen LogP contribution in [0.5, 0.6) is 11.5 Å². The lowest BCUT2D eigenvalue weighted by atomic mass is 10.2. The Morgan fingerprint density at radius 3 is 2.70 bits per heavy atom. The minimum absolute atomic E-state index is 0.0306. The van der Waals surface area contributed by atoms with Crippen LogP contribution in [0.2, 0.25) is 0 Å². The van der Waals surface area contributed by atoms with E-state index in [1.54, 1.807) is 11.3 Å². The molecule has 0 unspecified atom stereocenters. The summed E-state index contributed by atoms with van der Waals surface area (Å²) < 4.78 is 13.4. The molecule has 4 rings (SSSR count). The number of aryl methyl sites for hydroxylation is 3. The number of unbranched alkanes of at least 4 members (excludes halogenated alkanes) is 1. The fourth-order valence-electron chi connectivity index (χ4n) is 3.78. The first-order valence-electron chi connectivity index (χ1n) is 10.3. The van der Waals surface area contributed by atoms with Gasteiger partial charge in [0.05, 0.1) is 10.6 Å². The molecular weight excluding hydrogens is 398 g/mol. The van der Waals surface area contributed by atoms with Crippen molar-refractivity contribution in [1.82, 2.24) is 14.9 Å². The number of carbonyl (C=O) groups excluding carboxylic acids is 1. The smallest absolute Gasteiger partial charge is 0.253 e. The number of fused-ring (bicyclic) bond motifs is 1. The van der Waals surface area contributed by atoms with Crippen molar-refractivity contribution in [2.24, 2.45) is 0 Å². The molecule has 0 radical (unpaired) electrons. The van der Waals surface area contributed by atoms with E-state index >= 15 is 0 Å². The Morgan fingerprint density at radius 1 is 1.13 bits per heavy atom. The van der Waals surface area contributed by atoms with Crippen LogP contribution in [0.3, 0.4) is 0 Å². The fourth-order valence-corrected chi connectivity index (χ4v) is 4.60. The molecule has 158 valence electrons. The number of nitrogens with one attached hydrogen (secondary N) is 1. The molecule has 0 aliphatic carbocycles. The molecule has 0 bridgehead atoms. The van der Waals surface area contributed by atoms with E-state index in [4.69, 9.17) is 9.47 Å². The molecule has 2 aromatic heterocycles. The lowest BCUT2D eigenvalue weighted by Gasteiger charge is -2.20. The van der Waals surface area contributed by atoms with Crippen LogP contribution in [-0.2, 0) is 6.42 Å². The van der Waals surface area contributed by atoms with Gasteiger partial charge in [-0.25, -0.2) is 4.98 Å². The van der Waals surface area contributed by atoms with Gasteiger partial charge >= 0.3 is 0 Å². The molecule has 7 heteroatoms. The van der Waals surface area contributed by atoms with Gasteiger partial charge in [0.25, 0.3) is 5.91 Å². The van der Waals surface area contributed by atoms with Gasteiger partial charge in [0.1, 0.15) is 13.2 Å². The Labute approximate surface area is 180 Å². The van der Waals surface area contributed by atoms with Gasteiger partial charge in [-0.2, -0.15) is 0 Å². The maximum atomic E-state index is 12.8.